The van der Waals surface area contributed by atoms with Crippen LogP contribution >= 0.6 is 0 Å². The minimum atomic E-state index is 0.269. The van der Waals surface area contributed by atoms with Crippen LogP contribution in [-0.4, -0.2) is 0 Å². The molecule has 3 unspecified atom stereocenters. The van der Waals surface area contributed by atoms with Gasteiger partial charge in [-0.1, -0.05) is 31.5 Å². The molecule has 1 saturated carbocycles. The Hall–Kier alpha value is -0.820. The van der Waals surface area contributed by atoms with Gasteiger partial charge in [-0.15, -0.1) is 0 Å². The molecule has 0 spiro atoms. The second-order valence-electron chi connectivity index (χ2n) is 6.09. The van der Waals surface area contributed by atoms with E-state index in [-0.39, 0.29) is 6.04 Å². The second kappa shape index (κ2) is 4.45. The standard InChI is InChI=1S/C16H23N/c1-11-5-6-14(9-11)16(17)15-8-7-12-3-2-4-13(12)10-15/h7-8,10-11,14,16H,2-6,9,17H2,1H3. The largest absolute Gasteiger partial charge is 0.324 e. The zero-order chi connectivity index (χ0) is 11.8. The molecule has 0 amide bonds. The Morgan fingerprint density at radius 3 is 2.76 bits per heavy atom. The minimum absolute atomic E-state index is 0.269. The molecule has 0 aliphatic heterocycles. The lowest BCUT2D eigenvalue weighted by atomic mass is 9.90. The number of aryl methyl sites for hydroxylation is 2. The first kappa shape index (κ1) is 11.3. The van der Waals surface area contributed by atoms with Gasteiger partial charge in [-0.05, 0) is 60.6 Å². The Morgan fingerprint density at radius 1 is 1.18 bits per heavy atom. The van der Waals surface area contributed by atoms with E-state index in [1.54, 1.807) is 11.1 Å². The molecule has 1 fully saturated rings. The normalized spacial score (nSPS) is 29.3. The van der Waals surface area contributed by atoms with Crippen molar-refractivity contribution in [2.75, 3.05) is 0 Å². The molecule has 17 heavy (non-hydrogen) atoms. The molecule has 0 bridgehead atoms. The molecular formula is C16H23N. The third-order valence-corrected chi connectivity index (χ3v) is 4.75. The SMILES string of the molecule is CC1CCC(C(N)c2ccc3c(c2)CCC3)C1. The molecule has 1 aromatic carbocycles. The van der Waals surface area contributed by atoms with Crippen LogP contribution in [0.2, 0.25) is 0 Å². The van der Waals surface area contributed by atoms with Crippen molar-refractivity contribution >= 4 is 0 Å². The Labute approximate surface area is 104 Å². The van der Waals surface area contributed by atoms with Crippen molar-refractivity contribution in [3.8, 4) is 0 Å². The number of benzene rings is 1. The molecule has 1 aromatic rings. The maximum Gasteiger partial charge on any atom is 0.0323 e. The number of rotatable bonds is 2. The molecule has 0 radical (unpaired) electrons. The molecule has 1 heteroatoms. The van der Waals surface area contributed by atoms with Crippen LogP contribution in [0.4, 0.5) is 0 Å². The van der Waals surface area contributed by atoms with Crippen LogP contribution in [0.1, 0.15) is 55.3 Å². The summed E-state index contributed by atoms with van der Waals surface area (Å²) in [5.41, 5.74) is 11.0. The van der Waals surface area contributed by atoms with Gasteiger partial charge in [-0.3, -0.25) is 0 Å². The van der Waals surface area contributed by atoms with Crippen LogP contribution in [0.25, 0.3) is 0 Å². The van der Waals surface area contributed by atoms with Crippen LogP contribution in [0, 0.1) is 11.8 Å². The summed E-state index contributed by atoms with van der Waals surface area (Å²) in [4.78, 5) is 0. The van der Waals surface area contributed by atoms with Crippen molar-refractivity contribution in [1.82, 2.24) is 0 Å². The van der Waals surface area contributed by atoms with Gasteiger partial charge in [0.05, 0.1) is 0 Å². The molecule has 92 valence electrons. The first-order valence-electron chi connectivity index (χ1n) is 7.11. The minimum Gasteiger partial charge on any atom is -0.324 e. The lowest BCUT2D eigenvalue weighted by molar-refractivity contribution is 0.428. The van der Waals surface area contributed by atoms with Crippen molar-refractivity contribution in [3.63, 3.8) is 0 Å². The maximum absolute atomic E-state index is 6.46. The molecule has 1 nitrogen and oxygen atoms in total. The van der Waals surface area contributed by atoms with E-state index in [4.69, 9.17) is 5.73 Å². The highest BCUT2D eigenvalue weighted by Gasteiger charge is 2.27. The average molecular weight is 229 g/mol. The molecule has 2 aliphatic carbocycles. The summed E-state index contributed by atoms with van der Waals surface area (Å²) in [6.45, 7) is 2.36. The van der Waals surface area contributed by atoms with Gasteiger partial charge in [-0.2, -0.15) is 0 Å². The van der Waals surface area contributed by atoms with Gasteiger partial charge in [0.1, 0.15) is 0 Å². The van der Waals surface area contributed by atoms with E-state index < -0.39 is 0 Å². The monoisotopic (exact) mass is 229 g/mol. The summed E-state index contributed by atoms with van der Waals surface area (Å²) < 4.78 is 0. The maximum atomic E-state index is 6.46. The Morgan fingerprint density at radius 2 is 2.00 bits per heavy atom. The van der Waals surface area contributed by atoms with E-state index in [0.717, 1.165) is 5.92 Å². The highest BCUT2D eigenvalue weighted by Crippen LogP contribution is 2.38. The first-order chi connectivity index (χ1) is 8.24. The fourth-order valence-electron chi connectivity index (χ4n) is 3.65. The third kappa shape index (κ3) is 2.13. The molecule has 2 aliphatic rings. The summed E-state index contributed by atoms with van der Waals surface area (Å²) in [6, 6.07) is 7.25. The van der Waals surface area contributed by atoms with E-state index in [0.29, 0.717) is 5.92 Å². The number of hydrogen-bond donors (Lipinski definition) is 1. The predicted octanol–water partition coefficient (Wildman–Crippen LogP) is 3.61. The fraction of sp³-hybridized carbons (Fsp3) is 0.625. The van der Waals surface area contributed by atoms with Gasteiger partial charge in [-0.25, -0.2) is 0 Å². The Kier molecular flexibility index (Phi) is 2.96. The van der Waals surface area contributed by atoms with E-state index in [2.05, 4.69) is 25.1 Å². The smallest absolute Gasteiger partial charge is 0.0323 e. The van der Waals surface area contributed by atoms with Crippen LogP contribution < -0.4 is 5.73 Å². The van der Waals surface area contributed by atoms with Gasteiger partial charge in [0.2, 0.25) is 0 Å². The second-order valence-corrected chi connectivity index (χ2v) is 6.09. The topological polar surface area (TPSA) is 26.0 Å². The summed E-state index contributed by atoms with van der Waals surface area (Å²) >= 11 is 0. The molecule has 0 heterocycles. The van der Waals surface area contributed by atoms with Crippen molar-refractivity contribution in [1.29, 1.82) is 0 Å². The Balaban J connectivity index is 1.79. The lowest BCUT2D eigenvalue weighted by Crippen LogP contribution is -2.19. The molecule has 3 atom stereocenters. The van der Waals surface area contributed by atoms with Crippen molar-refractivity contribution in [3.05, 3.63) is 34.9 Å². The van der Waals surface area contributed by atoms with Gasteiger partial charge in [0.25, 0.3) is 0 Å². The van der Waals surface area contributed by atoms with Crippen molar-refractivity contribution in [2.24, 2.45) is 17.6 Å². The Bertz CT molecular complexity index is 410. The van der Waals surface area contributed by atoms with Gasteiger partial charge in [0, 0.05) is 6.04 Å². The zero-order valence-corrected chi connectivity index (χ0v) is 10.8. The van der Waals surface area contributed by atoms with E-state index in [1.165, 1.54) is 44.1 Å². The van der Waals surface area contributed by atoms with Gasteiger partial charge in [0.15, 0.2) is 0 Å². The van der Waals surface area contributed by atoms with Gasteiger partial charge < -0.3 is 5.73 Å². The van der Waals surface area contributed by atoms with Crippen LogP contribution in [-0.2, 0) is 12.8 Å². The third-order valence-electron chi connectivity index (χ3n) is 4.75. The average Bonchev–Trinajstić information content (AvgIpc) is 2.95. The predicted molar refractivity (Wildman–Crippen MR) is 71.9 cm³/mol. The van der Waals surface area contributed by atoms with Crippen molar-refractivity contribution in [2.45, 2.75) is 51.5 Å². The molecule has 0 saturated heterocycles. The number of fused-ring (bicyclic) bond motifs is 1. The summed E-state index contributed by atoms with van der Waals surface area (Å²) in [7, 11) is 0. The molecule has 0 aromatic heterocycles. The van der Waals surface area contributed by atoms with Crippen LogP contribution in [0.5, 0.6) is 0 Å². The highest BCUT2D eigenvalue weighted by atomic mass is 14.7. The van der Waals surface area contributed by atoms with Crippen LogP contribution in [0.3, 0.4) is 0 Å². The van der Waals surface area contributed by atoms with Crippen molar-refractivity contribution < 1.29 is 0 Å². The molecular weight excluding hydrogens is 206 g/mol. The molecule has 3 rings (SSSR count). The number of hydrogen-bond acceptors (Lipinski definition) is 1. The van der Waals surface area contributed by atoms with Crippen LogP contribution in [0.15, 0.2) is 18.2 Å². The van der Waals surface area contributed by atoms with E-state index in [1.807, 2.05) is 0 Å². The quantitative estimate of drug-likeness (QED) is 0.823. The number of nitrogens with two attached hydrogens (primary N) is 1. The first-order valence-corrected chi connectivity index (χ1v) is 7.11. The van der Waals surface area contributed by atoms with Gasteiger partial charge >= 0.3 is 0 Å². The van der Waals surface area contributed by atoms with E-state index in [9.17, 15) is 0 Å². The van der Waals surface area contributed by atoms with E-state index >= 15 is 0 Å². The summed E-state index contributed by atoms with van der Waals surface area (Å²) in [6.07, 6.45) is 7.86. The molecule has 2 N–H and O–H groups in total. The fourth-order valence-corrected chi connectivity index (χ4v) is 3.65. The lowest BCUT2D eigenvalue weighted by Gasteiger charge is -2.20. The highest BCUT2D eigenvalue weighted by molar-refractivity contribution is 5.36. The zero-order valence-electron chi connectivity index (χ0n) is 10.8. The summed E-state index contributed by atoms with van der Waals surface area (Å²) in [5, 5.41) is 0. The summed E-state index contributed by atoms with van der Waals surface area (Å²) in [5.74, 6) is 1.59.